The summed E-state index contributed by atoms with van der Waals surface area (Å²) in [6.45, 7) is 1.80. The van der Waals surface area contributed by atoms with Crippen LogP contribution < -0.4 is 4.90 Å². The molecule has 180 valence electrons. The molecule has 0 atom stereocenters. The van der Waals surface area contributed by atoms with Crippen molar-refractivity contribution in [3.05, 3.63) is 126 Å². The molecule has 3 aromatic carbocycles. The van der Waals surface area contributed by atoms with E-state index in [0.29, 0.717) is 34.2 Å². The van der Waals surface area contributed by atoms with Crippen LogP contribution in [0.4, 0.5) is 30.5 Å². The number of anilines is 3. The first-order valence-corrected chi connectivity index (χ1v) is 10.8. The van der Waals surface area contributed by atoms with Gasteiger partial charge in [0.25, 0.3) is 0 Å². The number of rotatable bonds is 5. The molecule has 0 saturated carbocycles. The van der Waals surface area contributed by atoms with Gasteiger partial charge in [-0.05, 0) is 35.7 Å². The number of halogens is 3. The standard InChI is InChI=1S/C29H18F3N3.Pt/c1-19-17-20(30)13-15-23(19)26-9-5-11-28(33-26)35(22-7-3-2-4-8-22)29-12-6-10-27(34-29)24-16-14-21(31)18-25(24)32;/h2-14,17-18H,1H3;/q-2;+2. The number of hydrogen-bond acceptors (Lipinski definition) is 3. The van der Waals surface area contributed by atoms with E-state index in [4.69, 9.17) is 4.98 Å². The van der Waals surface area contributed by atoms with Crippen molar-refractivity contribution >= 4 is 17.3 Å². The monoisotopic (exact) mass is 660 g/mol. The Hall–Kier alpha value is -3.76. The molecule has 0 bridgehead atoms. The molecular weight excluding hydrogens is 642 g/mol. The van der Waals surface area contributed by atoms with Crippen molar-refractivity contribution < 1.29 is 34.2 Å². The summed E-state index contributed by atoms with van der Waals surface area (Å²) in [5.74, 6) is -0.779. The minimum Gasteiger partial charge on any atom is -0.280 e. The molecule has 0 unspecified atom stereocenters. The fourth-order valence-corrected chi connectivity index (χ4v) is 3.83. The van der Waals surface area contributed by atoms with Crippen LogP contribution in [-0.2, 0) is 21.1 Å². The van der Waals surface area contributed by atoms with Crippen LogP contribution in [-0.4, -0.2) is 9.97 Å². The van der Waals surface area contributed by atoms with Gasteiger partial charge in [0.15, 0.2) is 0 Å². The molecule has 0 N–H and O–H groups in total. The van der Waals surface area contributed by atoms with Crippen molar-refractivity contribution in [3.63, 3.8) is 0 Å². The Morgan fingerprint density at radius 2 is 1.22 bits per heavy atom. The summed E-state index contributed by atoms with van der Waals surface area (Å²) < 4.78 is 41.5. The summed E-state index contributed by atoms with van der Waals surface area (Å²) in [6, 6.07) is 30.3. The molecular formula is C29H18F3N3Pt. The molecule has 2 heterocycles. The zero-order valence-corrected chi connectivity index (χ0v) is 21.2. The van der Waals surface area contributed by atoms with Gasteiger partial charge in [0.05, 0.1) is 0 Å². The second-order valence-electron chi connectivity index (χ2n) is 7.85. The van der Waals surface area contributed by atoms with E-state index in [9.17, 15) is 13.2 Å². The third kappa shape index (κ3) is 5.24. The largest absolute Gasteiger partial charge is 2.00 e. The molecule has 3 nitrogen and oxygen atoms in total. The number of benzene rings is 3. The van der Waals surface area contributed by atoms with Crippen LogP contribution in [0.3, 0.4) is 0 Å². The van der Waals surface area contributed by atoms with Gasteiger partial charge >= 0.3 is 21.1 Å². The van der Waals surface area contributed by atoms with E-state index >= 15 is 0 Å². The molecule has 0 fully saturated rings. The minimum absolute atomic E-state index is 0. The van der Waals surface area contributed by atoms with Crippen molar-refractivity contribution in [2.75, 3.05) is 4.90 Å². The van der Waals surface area contributed by atoms with Crippen LogP contribution in [0.15, 0.2) is 91.0 Å². The van der Waals surface area contributed by atoms with E-state index in [1.807, 2.05) is 53.4 Å². The van der Waals surface area contributed by atoms with E-state index in [-0.39, 0.29) is 32.4 Å². The Morgan fingerprint density at radius 3 is 1.81 bits per heavy atom. The van der Waals surface area contributed by atoms with Gasteiger partial charge < -0.3 is 0 Å². The average Bonchev–Trinajstić information content (AvgIpc) is 2.85. The summed E-state index contributed by atoms with van der Waals surface area (Å²) in [7, 11) is 0. The number of nitrogens with zero attached hydrogens (tertiary/aromatic N) is 3. The smallest absolute Gasteiger partial charge is 0.280 e. The third-order valence-electron chi connectivity index (χ3n) is 5.41. The first-order chi connectivity index (χ1) is 17.0. The number of aromatic nitrogens is 2. The van der Waals surface area contributed by atoms with Crippen molar-refractivity contribution in [1.82, 2.24) is 9.97 Å². The Balaban J connectivity index is 0.00000304. The van der Waals surface area contributed by atoms with Crippen molar-refractivity contribution in [1.29, 1.82) is 0 Å². The molecule has 2 aromatic heterocycles. The van der Waals surface area contributed by atoms with Crippen LogP contribution in [0.5, 0.6) is 0 Å². The number of hydrogen-bond donors (Lipinski definition) is 0. The summed E-state index contributed by atoms with van der Waals surface area (Å²) in [4.78, 5) is 11.3. The maximum Gasteiger partial charge on any atom is 2.00 e. The fraction of sp³-hybridized carbons (Fsp3) is 0.0345. The maximum atomic E-state index is 14.5. The summed E-state index contributed by atoms with van der Waals surface area (Å²) >= 11 is 0. The second-order valence-corrected chi connectivity index (χ2v) is 7.85. The Labute approximate surface area is 221 Å². The van der Waals surface area contributed by atoms with Crippen molar-refractivity contribution in [2.45, 2.75) is 6.92 Å². The fourth-order valence-electron chi connectivity index (χ4n) is 3.83. The Kier molecular flexibility index (Phi) is 7.66. The zero-order valence-electron chi connectivity index (χ0n) is 19.0. The van der Waals surface area contributed by atoms with Crippen LogP contribution in [0.2, 0.25) is 0 Å². The zero-order chi connectivity index (χ0) is 24.4. The van der Waals surface area contributed by atoms with E-state index in [1.165, 1.54) is 12.1 Å². The van der Waals surface area contributed by atoms with Gasteiger partial charge in [-0.15, -0.1) is 41.5 Å². The Morgan fingerprint density at radius 1 is 0.667 bits per heavy atom. The SMILES string of the molecule is Cc1cc(F)c[c-]c1-c1cccc(N(c2ccccc2)c2cccc(-c3[c-]cc(F)cc3F)n2)n1.[Pt+2]. The topological polar surface area (TPSA) is 29.0 Å². The van der Waals surface area contributed by atoms with Gasteiger partial charge in [-0.1, -0.05) is 61.0 Å². The van der Waals surface area contributed by atoms with Gasteiger partial charge in [0.1, 0.15) is 11.6 Å². The number of pyridine rings is 2. The van der Waals surface area contributed by atoms with Gasteiger partial charge in [0.2, 0.25) is 0 Å². The molecule has 36 heavy (non-hydrogen) atoms. The summed E-state index contributed by atoms with van der Waals surface area (Å²) in [5, 5.41) is 0. The average molecular weight is 661 g/mol. The van der Waals surface area contributed by atoms with Gasteiger partial charge in [-0.3, -0.25) is 28.0 Å². The first kappa shape index (κ1) is 25.3. The molecule has 0 amide bonds. The van der Waals surface area contributed by atoms with Crippen LogP contribution in [0.1, 0.15) is 5.56 Å². The predicted octanol–water partition coefficient (Wildman–Crippen LogP) is 7.60. The predicted molar refractivity (Wildman–Crippen MR) is 130 cm³/mol. The quantitative estimate of drug-likeness (QED) is 0.182. The van der Waals surface area contributed by atoms with Crippen molar-refractivity contribution in [3.8, 4) is 22.5 Å². The second kappa shape index (κ2) is 10.9. The number of para-hydroxylation sites is 1. The number of aryl methyl sites for hydroxylation is 1. The molecule has 0 aliphatic carbocycles. The van der Waals surface area contributed by atoms with Crippen LogP contribution in [0.25, 0.3) is 22.5 Å². The minimum atomic E-state index is -0.747. The maximum absolute atomic E-state index is 14.5. The van der Waals surface area contributed by atoms with E-state index < -0.39 is 11.6 Å². The molecule has 0 radical (unpaired) electrons. The molecule has 0 saturated heterocycles. The van der Waals surface area contributed by atoms with Crippen LogP contribution in [0, 0.1) is 36.5 Å². The summed E-state index contributed by atoms with van der Waals surface area (Å²) in [6.07, 6.45) is 0. The molecule has 5 rings (SSSR count). The third-order valence-corrected chi connectivity index (χ3v) is 5.41. The Bertz CT molecular complexity index is 1410. The molecule has 0 aliphatic rings. The first-order valence-electron chi connectivity index (χ1n) is 10.8. The van der Waals surface area contributed by atoms with Gasteiger partial charge in [0, 0.05) is 23.1 Å². The van der Waals surface area contributed by atoms with E-state index in [2.05, 4.69) is 17.1 Å². The van der Waals surface area contributed by atoms with E-state index in [1.54, 1.807) is 25.1 Å². The normalized spacial score (nSPS) is 10.6. The van der Waals surface area contributed by atoms with Crippen molar-refractivity contribution in [2.24, 2.45) is 0 Å². The molecule has 7 heteroatoms. The van der Waals surface area contributed by atoms with E-state index in [0.717, 1.165) is 17.8 Å². The molecule has 5 aromatic rings. The summed E-state index contributed by atoms with van der Waals surface area (Å²) in [5.41, 5.74) is 3.17. The van der Waals surface area contributed by atoms with Gasteiger partial charge in [-0.25, -0.2) is 0 Å². The van der Waals surface area contributed by atoms with Gasteiger partial charge in [-0.2, -0.15) is 0 Å². The van der Waals surface area contributed by atoms with Crippen LogP contribution >= 0.6 is 0 Å². The molecule has 0 spiro atoms. The molecule has 0 aliphatic heterocycles.